The van der Waals surface area contributed by atoms with E-state index in [4.69, 9.17) is 16.7 Å². The molecule has 0 aliphatic carbocycles. The molecular weight excluding hydrogens is 300 g/mol. The molecule has 1 aromatic carbocycles. The van der Waals surface area contributed by atoms with Gasteiger partial charge < -0.3 is 10.4 Å². The van der Waals surface area contributed by atoms with Crippen molar-refractivity contribution in [2.75, 3.05) is 0 Å². The number of carbonyl (C=O) groups is 2. The number of halogens is 1. The smallest absolute Gasteiger partial charge is 0.326 e. The number of carboxylic acid groups (broad SMARTS) is 1. The first-order chi connectivity index (χ1) is 9.77. The van der Waals surface area contributed by atoms with E-state index in [-0.39, 0.29) is 22.2 Å². The Hall–Kier alpha value is -2.15. The topological polar surface area (TPSA) is 110 Å². The number of hydrogen-bond acceptors (Lipinski definition) is 4. The van der Waals surface area contributed by atoms with Gasteiger partial charge >= 0.3 is 5.97 Å². The Balaban J connectivity index is 2.96. The number of nitro groups is 1. The molecule has 21 heavy (non-hydrogen) atoms. The molecule has 0 spiro atoms. The number of benzene rings is 1. The molecule has 0 heterocycles. The van der Waals surface area contributed by atoms with E-state index >= 15 is 0 Å². The number of nitrogens with zero attached hydrogens (tertiary/aromatic N) is 1. The first-order valence-corrected chi connectivity index (χ1v) is 6.63. The third kappa shape index (κ3) is 4.16. The number of hydrogen-bond donors (Lipinski definition) is 2. The van der Waals surface area contributed by atoms with Gasteiger partial charge in [0.25, 0.3) is 11.6 Å². The third-order valence-corrected chi connectivity index (χ3v) is 3.47. The van der Waals surface area contributed by atoms with Crippen LogP contribution in [0.1, 0.15) is 30.6 Å². The lowest BCUT2D eigenvalue weighted by Gasteiger charge is -2.20. The molecule has 0 fully saturated rings. The number of nitro benzene ring substituents is 1. The molecule has 114 valence electrons. The van der Waals surface area contributed by atoms with E-state index in [9.17, 15) is 19.7 Å². The third-order valence-electron chi connectivity index (χ3n) is 3.17. The van der Waals surface area contributed by atoms with Gasteiger partial charge in [0.05, 0.1) is 4.92 Å². The molecule has 0 aliphatic heterocycles. The van der Waals surface area contributed by atoms with Crippen LogP contribution in [0, 0.1) is 16.0 Å². The fourth-order valence-corrected chi connectivity index (χ4v) is 1.95. The Morgan fingerprint density at radius 2 is 2.10 bits per heavy atom. The first kappa shape index (κ1) is 16.9. The lowest BCUT2D eigenvalue weighted by Crippen LogP contribution is -2.45. The Labute approximate surface area is 126 Å². The summed E-state index contributed by atoms with van der Waals surface area (Å²) in [5.74, 6) is -2.02. The maximum Gasteiger partial charge on any atom is 0.326 e. The van der Waals surface area contributed by atoms with Crippen molar-refractivity contribution in [1.29, 1.82) is 0 Å². The molecule has 0 aliphatic rings. The number of rotatable bonds is 6. The van der Waals surface area contributed by atoms with Gasteiger partial charge in [-0.3, -0.25) is 14.9 Å². The van der Waals surface area contributed by atoms with Crippen LogP contribution in [0.25, 0.3) is 0 Å². The lowest BCUT2D eigenvalue weighted by molar-refractivity contribution is -0.384. The van der Waals surface area contributed by atoms with Crippen molar-refractivity contribution in [1.82, 2.24) is 5.32 Å². The van der Waals surface area contributed by atoms with Crippen LogP contribution in [0.2, 0.25) is 5.02 Å². The molecule has 0 saturated carbocycles. The van der Waals surface area contributed by atoms with Crippen LogP contribution in [0.15, 0.2) is 18.2 Å². The molecule has 1 rings (SSSR count). The van der Waals surface area contributed by atoms with Gasteiger partial charge in [0.2, 0.25) is 0 Å². The molecule has 7 nitrogen and oxygen atoms in total. The normalized spacial score (nSPS) is 13.3. The maximum atomic E-state index is 12.0. The van der Waals surface area contributed by atoms with E-state index in [2.05, 4.69) is 5.32 Å². The summed E-state index contributed by atoms with van der Waals surface area (Å²) < 4.78 is 0. The highest BCUT2D eigenvalue weighted by Crippen LogP contribution is 2.25. The number of carbonyl (C=O) groups excluding carboxylic acids is 1. The van der Waals surface area contributed by atoms with Crippen LogP contribution in [0.4, 0.5) is 5.69 Å². The molecule has 8 heteroatoms. The Kier molecular flexibility index (Phi) is 5.66. The van der Waals surface area contributed by atoms with Crippen LogP contribution >= 0.6 is 11.6 Å². The van der Waals surface area contributed by atoms with Crippen molar-refractivity contribution >= 4 is 29.2 Å². The van der Waals surface area contributed by atoms with Crippen LogP contribution < -0.4 is 5.32 Å². The van der Waals surface area contributed by atoms with E-state index in [1.165, 1.54) is 6.07 Å². The predicted octanol–water partition coefficient (Wildman–Crippen LogP) is 2.48. The standard InChI is InChI=1S/C13H15ClN2O5/c1-3-7(2)11(13(18)19)15-12(17)8-4-5-10(16(20)21)9(14)6-8/h4-7,11H,3H2,1-2H3,(H,15,17)(H,18,19). The Morgan fingerprint density at radius 3 is 2.52 bits per heavy atom. The second kappa shape index (κ2) is 7.03. The molecule has 2 atom stereocenters. The summed E-state index contributed by atoms with van der Waals surface area (Å²) >= 11 is 5.72. The van der Waals surface area contributed by atoms with Crippen molar-refractivity contribution in [2.24, 2.45) is 5.92 Å². The average molecular weight is 315 g/mol. The molecule has 0 aromatic heterocycles. The monoisotopic (exact) mass is 314 g/mol. The summed E-state index contributed by atoms with van der Waals surface area (Å²) in [5.41, 5.74) is -0.245. The fourth-order valence-electron chi connectivity index (χ4n) is 1.70. The second-order valence-corrected chi connectivity index (χ2v) is 5.01. The highest BCUT2D eigenvalue weighted by Gasteiger charge is 2.26. The minimum absolute atomic E-state index is 0.0696. The Bertz CT molecular complexity index is 576. The molecule has 2 unspecified atom stereocenters. The quantitative estimate of drug-likeness (QED) is 0.619. The highest BCUT2D eigenvalue weighted by atomic mass is 35.5. The minimum Gasteiger partial charge on any atom is -0.480 e. The van der Waals surface area contributed by atoms with Crippen molar-refractivity contribution in [3.8, 4) is 0 Å². The Morgan fingerprint density at radius 1 is 1.48 bits per heavy atom. The zero-order valence-electron chi connectivity index (χ0n) is 11.5. The van der Waals surface area contributed by atoms with Gasteiger partial charge in [-0.1, -0.05) is 31.9 Å². The largest absolute Gasteiger partial charge is 0.480 e. The van der Waals surface area contributed by atoms with E-state index in [0.29, 0.717) is 6.42 Å². The van der Waals surface area contributed by atoms with Crippen LogP contribution in [-0.2, 0) is 4.79 Å². The van der Waals surface area contributed by atoms with E-state index < -0.39 is 22.8 Å². The zero-order chi connectivity index (χ0) is 16.2. The number of amides is 1. The summed E-state index contributed by atoms with van der Waals surface area (Å²) in [5, 5.41) is 22.0. The number of nitrogens with one attached hydrogen (secondary N) is 1. The highest BCUT2D eigenvalue weighted by molar-refractivity contribution is 6.33. The van der Waals surface area contributed by atoms with Crippen molar-refractivity contribution in [3.63, 3.8) is 0 Å². The predicted molar refractivity (Wildman–Crippen MR) is 76.5 cm³/mol. The number of carboxylic acids is 1. The lowest BCUT2D eigenvalue weighted by atomic mass is 9.99. The molecule has 1 aromatic rings. The summed E-state index contributed by atoms with van der Waals surface area (Å²) in [6.07, 6.45) is 0.582. The molecule has 0 saturated heterocycles. The molecule has 1 amide bonds. The average Bonchev–Trinajstić information content (AvgIpc) is 2.42. The van der Waals surface area contributed by atoms with Crippen molar-refractivity contribution in [3.05, 3.63) is 38.9 Å². The van der Waals surface area contributed by atoms with Crippen LogP contribution in [0.5, 0.6) is 0 Å². The summed E-state index contributed by atoms with van der Waals surface area (Å²) in [6.45, 7) is 3.53. The number of aliphatic carboxylic acids is 1. The SMILES string of the molecule is CCC(C)C(NC(=O)c1ccc([N+](=O)[O-])c(Cl)c1)C(=O)O. The van der Waals surface area contributed by atoms with E-state index in [0.717, 1.165) is 12.1 Å². The summed E-state index contributed by atoms with van der Waals surface area (Å²) in [7, 11) is 0. The maximum absolute atomic E-state index is 12.0. The zero-order valence-corrected chi connectivity index (χ0v) is 12.3. The van der Waals surface area contributed by atoms with Crippen molar-refractivity contribution < 1.29 is 19.6 Å². The molecular formula is C13H15ClN2O5. The van der Waals surface area contributed by atoms with Gasteiger partial charge in [-0.15, -0.1) is 0 Å². The summed E-state index contributed by atoms with van der Waals surface area (Å²) in [6, 6.07) is 2.45. The van der Waals surface area contributed by atoms with Crippen molar-refractivity contribution in [2.45, 2.75) is 26.3 Å². The minimum atomic E-state index is -1.13. The van der Waals surface area contributed by atoms with Gasteiger partial charge in [-0.25, -0.2) is 4.79 Å². The fraction of sp³-hybridized carbons (Fsp3) is 0.385. The first-order valence-electron chi connectivity index (χ1n) is 6.25. The van der Waals surface area contributed by atoms with Gasteiger partial charge in [0.1, 0.15) is 11.1 Å². The molecule has 0 bridgehead atoms. The van der Waals surface area contributed by atoms with E-state index in [1.807, 2.05) is 6.92 Å². The molecule has 0 radical (unpaired) electrons. The second-order valence-electron chi connectivity index (χ2n) is 4.60. The van der Waals surface area contributed by atoms with Gasteiger partial charge in [0, 0.05) is 11.6 Å². The van der Waals surface area contributed by atoms with Gasteiger partial charge in [-0.05, 0) is 18.1 Å². The van der Waals surface area contributed by atoms with Gasteiger partial charge in [0.15, 0.2) is 0 Å². The van der Waals surface area contributed by atoms with Crippen LogP contribution in [-0.4, -0.2) is 27.9 Å². The van der Waals surface area contributed by atoms with Gasteiger partial charge in [-0.2, -0.15) is 0 Å². The van der Waals surface area contributed by atoms with Crippen LogP contribution in [0.3, 0.4) is 0 Å². The molecule has 2 N–H and O–H groups in total. The summed E-state index contributed by atoms with van der Waals surface area (Å²) in [4.78, 5) is 33.1. The van der Waals surface area contributed by atoms with E-state index in [1.54, 1.807) is 6.92 Å².